The van der Waals surface area contributed by atoms with E-state index in [1.54, 1.807) is 11.3 Å². The van der Waals surface area contributed by atoms with E-state index in [1.165, 1.54) is 14.9 Å². The van der Waals surface area contributed by atoms with Crippen molar-refractivity contribution in [3.05, 3.63) is 53.5 Å². The van der Waals surface area contributed by atoms with Gasteiger partial charge < -0.3 is 5.32 Å². The van der Waals surface area contributed by atoms with Gasteiger partial charge in [-0.2, -0.15) is 0 Å². The Balaban J connectivity index is 2.19. The zero-order valence-corrected chi connectivity index (χ0v) is 15.3. The molecule has 1 atom stereocenters. The predicted molar refractivity (Wildman–Crippen MR) is 89.4 cm³/mol. The SMILES string of the molecule is CNC(Cc1ccc(Br)cc1)c1cc(Br)sc1Br. The van der Waals surface area contributed by atoms with Gasteiger partial charge in [-0.1, -0.05) is 28.1 Å². The van der Waals surface area contributed by atoms with Gasteiger partial charge >= 0.3 is 0 Å². The van der Waals surface area contributed by atoms with Crippen LogP contribution in [0.1, 0.15) is 17.2 Å². The Kier molecular flexibility index (Phi) is 5.45. The van der Waals surface area contributed by atoms with E-state index in [4.69, 9.17) is 0 Å². The molecule has 0 amide bonds. The van der Waals surface area contributed by atoms with Crippen LogP contribution in [0.25, 0.3) is 0 Å². The minimum Gasteiger partial charge on any atom is -0.313 e. The molecule has 0 spiro atoms. The molecule has 1 N–H and O–H groups in total. The molecule has 1 heterocycles. The fourth-order valence-corrected chi connectivity index (χ4v) is 5.05. The highest BCUT2D eigenvalue weighted by molar-refractivity contribution is 9.12. The van der Waals surface area contributed by atoms with Crippen molar-refractivity contribution in [3.63, 3.8) is 0 Å². The predicted octanol–water partition coefficient (Wildman–Crippen LogP) is 5.54. The molecular formula is C13H12Br3NS. The van der Waals surface area contributed by atoms with Gasteiger partial charge in [-0.25, -0.2) is 0 Å². The quantitative estimate of drug-likeness (QED) is 0.641. The minimum absolute atomic E-state index is 0.322. The monoisotopic (exact) mass is 451 g/mol. The topological polar surface area (TPSA) is 12.0 Å². The Morgan fingerprint density at radius 2 is 1.83 bits per heavy atom. The van der Waals surface area contributed by atoms with Crippen LogP contribution >= 0.6 is 59.1 Å². The summed E-state index contributed by atoms with van der Waals surface area (Å²) < 4.78 is 3.46. The normalized spacial score (nSPS) is 12.7. The van der Waals surface area contributed by atoms with Crippen LogP contribution < -0.4 is 5.32 Å². The van der Waals surface area contributed by atoms with Gasteiger partial charge in [-0.3, -0.25) is 0 Å². The molecule has 0 saturated carbocycles. The van der Waals surface area contributed by atoms with Gasteiger partial charge in [-0.05, 0) is 74.7 Å². The van der Waals surface area contributed by atoms with Crippen molar-refractivity contribution in [2.45, 2.75) is 12.5 Å². The summed E-state index contributed by atoms with van der Waals surface area (Å²) in [7, 11) is 2.00. The van der Waals surface area contributed by atoms with Gasteiger partial charge in [0, 0.05) is 10.5 Å². The first-order valence-corrected chi connectivity index (χ1v) is 8.66. The van der Waals surface area contributed by atoms with E-state index in [0.29, 0.717) is 6.04 Å². The lowest BCUT2D eigenvalue weighted by molar-refractivity contribution is 0.592. The highest BCUT2D eigenvalue weighted by atomic mass is 79.9. The summed E-state index contributed by atoms with van der Waals surface area (Å²) in [5, 5.41) is 3.38. The van der Waals surface area contributed by atoms with Crippen LogP contribution in [0, 0.1) is 0 Å². The molecule has 0 fully saturated rings. The van der Waals surface area contributed by atoms with Crippen molar-refractivity contribution in [1.29, 1.82) is 0 Å². The average Bonchev–Trinajstić information content (AvgIpc) is 2.68. The lowest BCUT2D eigenvalue weighted by atomic mass is 10.0. The highest BCUT2D eigenvalue weighted by Gasteiger charge is 2.16. The average molecular weight is 454 g/mol. The van der Waals surface area contributed by atoms with Crippen molar-refractivity contribution < 1.29 is 0 Å². The Labute approximate surface area is 136 Å². The second-order valence-corrected chi connectivity index (χ2v) is 8.62. The van der Waals surface area contributed by atoms with Crippen LogP contribution in [0.5, 0.6) is 0 Å². The third kappa shape index (κ3) is 3.67. The van der Waals surface area contributed by atoms with E-state index >= 15 is 0 Å². The molecule has 0 saturated heterocycles. The third-order valence-electron chi connectivity index (χ3n) is 2.76. The second-order valence-electron chi connectivity index (χ2n) is 3.95. The van der Waals surface area contributed by atoms with Crippen LogP contribution in [-0.4, -0.2) is 7.05 Å². The summed E-state index contributed by atoms with van der Waals surface area (Å²) >= 11 is 12.3. The molecule has 1 nitrogen and oxygen atoms in total. The first-order chi connectivity index (χ1) is 8.60. The summed E-state index contributed by atoms with van der Waals surface area (Å²) in [6, 6.07) is 11.0. The van der Waals surface area contributed by atoms with Crippen molar-refractivity contribution in [1.82, 2.24) is 5.32 Å². The molecule has 1 unspecified atom stereocenters. The molecule has 2 aromatic rings. The number of rotatable bonds is 4. The van der Waals surface area contributed by atoms with Crippen LogP contribution in [0.2, 0.25) is 0 Å². The number of thiophene rings is 1. The van der Waals surface area contributed by atoms with Crippen LogP contribution in [0.4, 0.5) is 0 Å². The molecule has 0 bridgehead atoms. The summed E-state index contributed by atoms with van der Waals surface area (Å²) in [6.07, 6.45) is 0.978. The van der Waals surface area contributed by atoms with E-state index in [-0.39, 0.29) is 0 Å². The van der Waals surface area contributed by atoms with E-state index < -0.39 is 0 Å². The lowest BCUT2D eigenvalue weighted by Gasteiger charge is -2.16. The Morgan fingerprint density at radius 3 is 2.33 bits per heavy atom. The lowest BCUT2D eigenvalue weighted by Crippen LogP contribution is -2.18. The maximum Gasteiger partial charge on any atom is 0.0758 e. The van der Waals surface area contributed by atoms with Gasteiger partial charge in [-0.15, -0.1) is 11.3 Å². The number of benzene rings is 1. The maximum atomic E-state index is 3.62. The summed E-state index contributed by atoms with van der Waals surface area (Å²) in [4.78, 5) is 0. The number of halogens is 3. The zero-order valence-electron chi connectivity index (χ0n) is 9.71. The smallest absolute Gasteiger partial charge is 0.0758 e. The summed E-state index contributed by atoms with van der Waals surface area (Å²) in [5.41, 5.74) is 2.63. The van der Waals surface area contributed by atoms with Crippen LogP contribution in [-0.2, 0) is 6.42 Å². The molecule has 0 aliphatic carbocycles. The Hall–Kier alpha value is 0.320. The van der Waals surface area contributed by atoms with Gasteiger partial charge in [0.2, 0.25) is 0 Å². The molecule has 1 aromatic heterocycles. The molecule has 96 valence electrons. The van der Waals surface area contributed by atoms with Crippen molar-refractivity contribution in [3.8, 4) is 0 Å². The second kappa shape index (κ2) is 6.66. The highest BCUT2D eigenvalue weighted by Crippen LogP contribution is 2.36. The van der Waals surface area contributed by atoms with Crippen LogP contribution in [0.15, 0.2) is 42.4 Å². The molecule has 0 radical (unpaired) electrons. The van der Waals surface area contributed by atoms with Gasteiger partial charge in [0.15, 0.2) is 0 Å². The molecule has 2 rings (SSSR count). The van der Waals surface area contributed by atoms with Crippen molar-refractivity contribution in [2.75, 3.05) is 7.05 Å². The van der Waals surface area contributed by atoms with E-state index in [2.05, 4.69) is 83.4 Å². The molecule has 18 heavy (non-hydrogen) atoms. The first-order valence-electron chi connectivity index (χ1n) is 5.46. The van der Waals surface area contributed by atoms with Crippen molar-refractivity contribution >= 4 is 59.1 Å². The molecule has 0 aliphatic heterocycles. The standard InChI is InChI=1S/C13H12Br3NS/c1-17-11(10-7-12(15)18-13(10)16)6-8-2-4-9(14)5-3-8/h2-5,7,11,17H,6H2,1H3. The minimum atomic E-state index is 0.322. The largest absolute Gasteiger partial charge is 0.313 e. The number of hydrogen-bond acceptors (Lipinski definition) is 2. The first kappa shape index (κ1) is 14.7. The molecular weight excluding hydrogens is 442 g/mol. The van der Waals surface area contributed by atoms with Gasteiger partial charge in [0.05, 0.1) is 7.57 Å². The van der Waals surface area contributed by atoms with Crippen LogP contribution in [0.3, 0.4) is 0 Å². The zero-order chi connectivity index (χ0) is 13.1. The molecule has 5 heteroatoms. The summed E-state index contributed by atoms with van der Waals surface area (Å²) in [6.45, 7) is 0. The fraction of sp³-hybridized carbons (Fsp3) is 0.231. The van der Waals surface area contributed by atoms with Gasteiger partial charge in [0.25, 0.3) is 0 Å². The summed E-state index contributed by atoms with van der Waals surface area (Å²) in [5.74, 6) is 0. The van der Waals surface area contributed by atoms with Gasteiger partial charge in [0.1, 0.15) is 0 Å². The fourth-order valence-electron chi connectivity index (χ4n) is 1.81. The van der Waals surface area contributed by atoms with E-state index in [1.807, 2.05) is 7.05 Å². The molecule has 0 aliphatic rings. The van der Waals surface area contributed by atoms with E-state index in [0.717, 1.165) is 14.7 Å². The number of likely N-dealkylation sites (N-methyl/N-ethyl adjacent to an activating group) is 1. The van der Waals surface area contributed by atoms with E-state index in [9.17, 15) is 0 Å². The maximum absolute atomic E-state index is 3.62. The third-order valence-corrected chi connectivity index (χ3v) is 5.67. The molecule has 1 aromatic carbocycles. The number of nitrogens with one attached hydrogen (secondary N) is 1. The number of hydrogen-bond donors (Lipinski definition) is 1. The van der Waals surface area contributed by atoms with Crippen molar-refractivity contribution in [2.24, 2.45) is 0 Å². The Bertz CT molecular complexity index is 522. The Morgan fingerprint density at radius 1 is 1.17 bits per heavy atom.